The number of nitrogens with one attached hydrogen (secondary N) is 1. The Morgan fingerprint density at radius 3 is 2.71 bits per heavy atom. The molecule has 1 heterocycles. The van der Waals surface area contributed by atoms with Gasteiger partial charge in [-0.25, -0.2) is 13.1 Å². The van der Waals surface area contributed by atoms with Crippen LogP contribution >= 0.6 is 11.3 Å². The first-order valence-corrected chi connectivity index (χ1v) is 7.90. The van der Waals surface area contributed by atoms with Gasteiger partial charge in [0.2, 0.25) is 10.0 Å². The van der Waals surface area contributed by atoms with Gasteiger partial charge in [-0.2, -0.15) is 0 Å². The zero-order chi connectivity index (χ0) is 12.5. The largest absolute Gasteiger partial charge is 0.398 e. The first-order valence-electron chi connectivity index (χ1n) is 5.53. The van der Waals surface area contributed by atoms with Crippen molar-refractivity contribution in [3.05, 3.63) is 11.4 Å². The Kier molecular flexibility index (Phi) is 3.72. The van der Waals surface area contributed by atoms with E-state index in [1.165, 1.54) is 6.07 Å². The van der Waals surface area contributed by atoms with E-state index in [1.54, 1.807) is 5.38 Å². The number of hydrogen-bond donors (Lipinski definition) is 3. The highest BCUT2D eigenvalue weighted by Crippen LogP contribution is 2.24. The predicted molar refractivity (Wildman–Crippen MR) is 67.3 cm³/mol. The van der Waals surface area contributed by atoms with Crippen molar-refractivity contribution >= 4 is 27.0 Å². The molecular formula is C10H16N2O3S2. The molecule has 5 nitrogen and oxygen atoms in total. The summed E-state index contributed by atoms with van der Waals surface area (Å²) in [5.74, 6) is 0. The van der Waals surface area contributed by atoms with Gasteiger partial charge in [-0.3, -0.25) is 0 Å². The molecule has 0 spiro atoms. The number of aliphatic hydroxyl groups excluding tert-OH is 1. The minimum absolute atomic E-state index is 0.202. The van der Waals surface area contributed by atoms with Crippen LogP contribution in [-0.2, 0) is 10.0 Å². The summed E-state index contributed by atoms with van der Waals surface area (Å²) in [7, 11) is -3.54. The lowest BCUT2D eigenvalue weighted by atomic mass is 9.93. The quantitative estimate of drug-likeness (QED) is 0.765. The standard InChI is InChI=1S/C10H16N2O3S2/c11-7-5-10(16-6-7)17(14,15)12-8-3-1-2-4-9(8)13/h5-6,8-9,12-13H,1-4,11H2. The summed E-state index contributed by atoms with van der Waals surface area (Å²) in [6.07, 6.45) is 2.64. The van der Waals surface area contributed by atoms with Crippen LogP contribution < -0.4 is 10.5 Å². The molecule has 0 saturated heterocycles. The Hall–Kier alpha value is -0.630. The van der Waals surface area contributed by atoms with Crippen LogP contribution in [0.25, 0.3) is 0 Å². The Balaban J connectivity index is 2.11. The lowest BCUT2D eigenvalue weighted by Crippen LogP contribution is -2.44. The molecular weight excluding hydrogens is 260 g/mol. The molecule has 0 bridgehead atoms. The molecule has 1 aliphatic rings. The van der Waals surface area contributed by atoms with Gasteiger partial charge in [0.1, 0.15) is 4.21 Å². The van der Waals surface area contributed by atoms with Gasteiger partial charge < -0.3 is 10.8 Å². The second-order valence-corrected chi connectivity index (χ2v) is 7.13. The zero-order valence-corrected chi connectivity index (χ0v) is 10.9. The minimum Gasteiger partial charge on any atom is -0.398 e. The fraction of sp³-hybridized carbons (Fsp3) is 0.600. The van der Waals surface area contributed by atoms with E-state index in [0.717, 1.165) is 24.2 Å². The highest BCUT2D eigenvalue weighted by atomic mass is 32.2. The van der Waals surface area contributed by atoms with Gasteiger partial charge in [0.15, 0.2) is 0 Å². The topological polar surface area (TPSA) is 92.4 Å². The third-order valence-electron chi connectivity index (χ3n) is 2.90. The molecule has 1 aromatic heterocycles. The summed E-state index contributed by atoms with van der Waals surface area (Å²) in [6.45, 7) is 0. The molecule has 1 aliphatic carbocycles. The first-order chi connectivity index (χ1) is 7.99. The number of sulfonamides is 1. The van der Waals surface area contributed by atoms with Crippen LogP contribution in [0.4, 0.5) is 5.69 Å². The van der Waals surface area contributed by atoms with Gasteiger partial charge in [0.05, 0.1) is 6.10 Å². The van der Waals surface area contributed by atoms with Crippen molar-refractivity contribution in [1.29, 1.82) is 0 Å². The fourth-order valence-corrected chi connectivity index (χ4v) is 4.38. The van der Waals surface area contributed by atoms with Crippen molar-refractivity contribution in [3.63, 3.8) is 0 Å². The lowest BCUT2D eigenvalue weighted by molar-refractivity contribution is 0.101. The second kappa shape index (κ2) is 4.93. The molecule has 0 aliphatic heterocycles. The molecule has 2 atom stereocenters. The number of rotatable bonds is 3. The van der Waals surface area contributed by atoms with Crippen molar-refractivity contribution in [2.75, 3.05) is 5.73 Å². The normalized spacial score (nSPS) is 25.9. The zero-order valence-electron chi connectivity index (χ0n) is 9.30. The van der Waals surface area contributed by atoms with E-state index in [2.05, 4.69) is 4.72 Å². The van der Waals surface area contributed by atoms with Crippen LogP contribution in [0.1, 0.15) is 25.7 Å². The summed E-state index contributed by atoms with van der Waals surface area (Å²) in [5.41, 5.74) is 5.95. The number of anilines is 1. The van der Waals surface area contributed by atoms with Crippen LogP contribution in [-0.4, -0.2) is 25.7 Å². The fourth-order valence-electron chi connectivity index (χ4n) is 1.98. The molecule has 2 unspecified atom stereocenters. The van der Waals surface area contributed by atoms with E-state index in [0.29, 0.717) is 18.5 Å². The molecule has 0 aromatic carbocycles. The Morgan fingerprint density at radius 1 is 1.41 bits per heavy atom. The number of nitrogens with two attached hydrogens (primary N) is 1. The van der Waals surface area contributed by atoms with Gasteiger partial charge in [0.25, 0.3) is 0 Å². The summed E-state index contributed by atoms with van der Waals surface area (Å²) < 4.78 is 26.7. The molecule has 1 saturated carbocycles. The summed E-state index contributed by atoms with van der Waals surface area (Å²) >= 11 is 1.09. The third-order valence-corrected chi connectivity index (χ3v) is 5.84. The van der Waals surface area contributed by atoms with Crippen molar-refractivity contribution < 1.29 is 13.5 Å². The monoisotopic (exact) mass is 276 g/mol. The molecule has 4 N–H and O–H groups in total. The van der Waals surface area contributed by atoms with Crippen LogP contribution in [0.5, 0.6) is 0 Å². The maximum atomic E-state index is 12.0. The number of nitrogen functional groups attached to an aromatic ring is 1. The van der Waals surface area contributed by atoms with Crippen molar-refractivity contribution in [1.82, 2.24) is 4.72 Å². The van der Waals surface area contributed by atoms with Gasteiger partial charge in [-0.05, 0) is 18.9 Å². The number of thiophene rings is 1. The van der Waals surface area contributed by atoms with Crippen LogP contribution in [0.15, 0.2) is 15.7 Å². The van der Waals surface area contributed by atoms with E-state index >= 15 is 0 Å². The van der Waals surface area contributed by atoms with Crippen LogP contribution in [0, 0.1) is 0 Å². The van der Waals surface area contributed by atoms with Crippen molar-refractivity contribution in [2.24, 2.45) is 0 Å². The maximum absolute atomic E-state index is 12.0. The third kappa shape index (κ3) is 2.98. The van der Waals surface area contributed by atoms with E-state index in [4.69, 9.17) is 5.73 Å². The molecule has 1 fully saturated rings. The second-order valence-electron chi connectivity index (χ2n) is 4.28. The molecule has 17 heavy (non-hydrogen) atoms. The van der Waals surface area contributed by atoms with Gasteiger partial charge in [0, 0.05) is 17.1 Å². The SMILES string of the molecule is Nc1csc(S(=O)(=O)NC2CCCCC2O)c1. The smallest absolute Gasteiger partial charge is 0.250 e. The maximum Gasteiger partial charge on any atom is 0.250 e. The molecule has 0 amide bonds. The number of aliphatic hydroxyl groups is 1. The molecule has 0 radical (unpaired) electrons. The van der Waals surface area contributed by atoms with E-state index in [9.17, 15) is 13.5 Å². The Bertz CT molecular complexity index is 483. The van der Waals surface area contributed by atoms with Gasteiger partial charge >= 0.3 is 0 Å². The molecule has 96 valence electrons. The molecule has 2 rings (SSSR count). The Morgan fingerprint density at radius 2 is 2.12 bits per heavy atom. The van der Waals surface area contributed by atoms with Crippen molar-refractivity contribution in [2.45, 2.75) is 42.0 Å². The summed E-state index contributed by atoms with van der Waals surface area (Å²) in [5, 5.41) is 11.3. The summed E-state index contributed by atoms with van der Waals surface area (Å²) in [4.78, 5) is 0. The average molecular weight is 276 g/mol. The van der Waals surface area contributed by atoms with Gasteiger partial charge in [-0.15, -0.1) is 11.3 Å². The highest BCUT2D eigenvalue weighted by Gasteiger charge is 2.28. The van der Waals surface area contributed by atoms with Crippen molar-refractivity contribution in [3.8, 4) is 0 Å². The van der Waals surface area contributed by atoms with E-state index in [1.807, 2.05) is 0 Å². The molecule has 7 heteroatoms. The first kappa shape index (κ1) is 12.8. The Labute approximate surface area is 105 Å². The average Bonchev–Trinajstić information content (AvgIpc) is 2.69. The number of hydrogen-bond acceptors (Lipinski definition) is 5. The predicted octanol–water partition coefficient (Wildman–Crippen LogP) is 0.912. The van der Waals surface area contributed by atoms with Crippen LogP contribution in [0.3, 0.4) is 0 Å². The molecule has 1 aromatic rings. The van der Waals surface area contributed by atoms with Gasteiger partial charge in [-0.1, -0.05) is 12.8 Å². The lowest BCUT2D eigenvalue weighted by Gasteiger charge is -2.27. The van der Waals surface area contributed by atoms with E-state index in [-0.39, 0.29) is 10.3 Å². The minimum atomic E-state index is -3.54. The highest BCUT2D eigenvalue weighted by molar-refractivity contribution is 7.91. The van der Waals surface area contributed by atoms with E-state index < -0.39 is 16.1 Å². The van der Waals surface area contributed by atoms with Crippen LogP contribution in [0.2, 0.25) is 0 Å². The summed E-state index contributed by atoms with van der Waals surface area (Å²) in [6, 6.07) is 1.06.